The summed E-state index contributed by atoms with van der Waals surface area (Å²) in [5, 5.41) is 13.4. The summed E-state index contributed by atoms with van der Waals surface area (Å²) in [5.41, 5.74) is 7.31. The van der Waals surface area contributed by atoms with E-state index in [1.54, 1.807) is 5.57 Å². The Bertz CT molecular complexity index is 574. The van der Waals surface area contributed by atoms with E-state index in [1.807, 2.05) is 0 Å². The Morgan fingerprint density at radius 2 is 1.96 bits per heavy atom. The van der Waals surface area contributed by atoms with E-state index in [9.17, 15) is 9.90 Å². The molecule has 0 aromatic carbocycles. The van der Waals surface area contributed by atoms with Gasteiger partial charge in [0.05, 0.1) is 6.10 Å². The summed E-state index contributed by atoms with van der Waals surface area (Å²) in [6.45, 7) is 4.80. The molecule has 0 aliphatic heterocycles. The van der Waals surface area contributed by atoms with Gasteiger partial charge in [-0.15, -0.1) is 0 Å². The standard InChI is InChI=1S/C20H32N2O2/c1-19-9-7-13(22-18(21)24)11-12(19)3-4-14-15-5-6-17(23)20(15,2)10-8-16(14)19/h11,13-17,23H,3-10H2,1-2H3,(H3,21,22,24)/t13-,14+,15-,16-,17+,19+,20+/m1/s1. The van der Waals surface area contributed by atoms with Gasteiger partial charge in [0.1, 0.15) is 0 Å². The average molecular weight is 332 g/mol. The highest BCUT2D eigenvalue weighted by Gasteiger charge is 2.58. The smallest absolute Gasteiger partial charge is 0.312 e. The molecule has 0 unspecified atom stereocenters. The van der Waals surface area contributed by atoms with Crippen LogP contribution in [0.5, 0.6) is 0 Å². The number of nitrogens with one attached hydrogen (secondary N) is 1. The minimum atomic E-state index is -0.414. The van der Waals surface area contributed by atoms with Crippen molar-refractivity contribution in [3.05, 3.63) is 11.6 Å². The van der Waals surface area contributed by atoms with Crippen LogP contribution in [0, 0.1) is 28.6 Å². The topological polar surface area (TPSA) is 75.3 Å². The van der Waals surface area contributed by atoms with E-state index < -0.39 is 6.03 Å². The summed E-state index contributed by atoms with van der Waals surface area (Å²) in [7, 11) is 0. The van der Waals surface area contributed by atoms with Crippen molar-refractivity contribution < 1.29 is 9.90 Å². The van der Waals surface area contributed by atoms with Crippen molar-refractivity contribution in [3.8, 4) is 0 Å². The second-order valence-electron chi connectivity index (χ2n) is 9.32. The molecule has 0 aromatic rings. The molecule has 4 aliphatic rings. The first-order valence-corrected chi connectivity index (χ1v) is 9.80. The molecular formula is C20H32N2O2. The number of carbonyl (C=O) groups is 1. The molecule has 0 aromatic heterocycles. The molecule has 3 fully saturated rings. The molecule has 4 N–H and O–H groups in total. The molecule has 2 amide bonds. The second kappa shape index (κ2) is 5.48. The van der Waals surface area contributed by atoms with E-state index in [4.69, 9.17) is 5.73 Å². The molecule has 0 radical (unpaired) electrons. The molecule has 134 valence electrons. The number of hydrogen-bond acceptors (Lipinski definition) is 2. The van der Waals surface area contributed by atoms with Crippen LogP contribution in [0.25, 0.3) is 0 Å². The molecule has 24 heavy (non-hydrogen) atoms. The summed E-state index contributed by atoms with van der Waals surface area (Å²) in [5.74, 6) is 2.21. The number of allylic oxidation sites excluding steroid dienone is 1. The molecular weight excluding hydrogens is 300 g/mol. The lowest BCUT2D eigenvalue weighted by molar-refractivity contribution is -0.0741. The third kappa shape index (κ3) is 2.25. The highest BCUT2D eigenvalue weighted by molar-refractivity contribution is 5.72. The summed E-state index contributed by atoms with van der Waals surface area (Å²) in [4.78, 5) is 11.2. The highest BCUT2D eigenvalue weighted by Crippen LogP contribution is 2.65. The predicted octanol–water partition coefficient (Wildman–Crippen LogP) is 3.35. The van der Waals surface area contributed by atoms with Gasteiger partial charge in [0.15, 0.2) is 0 Å². The second-order valence-corrected chi connectivity index (χ2v) is 9.32. The molecule has 4 heteroatoms. The maximum Gasteiger partial charge on any atom is 0.312 e. The minimum absolute atomic E-state index is 0.0938. The van der Waals surface area contributed by atoms with Crippen LogP contribution in [-0.2, 0) is 0 Å². The Morgan fingerprint density at radius 1 is 1.17 bits per heavy atom. The van der Waals surface area contributed by atoms with Crippen LogP contribution < -0.4 is 11.1 Å². The van der Waals surface area contributed by atoms with Crippen LogP contribution in [0.1, 0.15) is 65.2 Å². The van der Waals surface area contributed by atoms with Gasteiger partial charge in [0, 0.05) is 6.04 Å². The molecule has 3 saturated carbocycles. The number of amides is 2. The van der Waals surface area contributed by atoms with Crippen molar-refractivity contribution in [1.29, 1.82) is 0 Å². The van der Waals surface area contributed by atoms with Crippen LogP contribution in [0.4, 0.5) is 4.79 Å². The van der Waals surface area contributed by atoms with Gasteiger partial charge < -0.3 is 16.2 Å². The third-order valence-corrected chi connectivity index (χ3v) is 8.39. The Kier molecular flexibility index (Phi) is 3.76. The average Bonchev–Trinajstić information content (AvgIpc) is 2.83. The van der Waals surface area contributed by atoms with E-state index in [2.05, 4.69) is 25.2 Å². The Morgan fingerprint density at radius 3 is 2.71 bits per heavy atom. The van der Waals surface area contributed by atoms with Gasteiger partial charge in [0.2, 0.25) is 0 Å². The van der Waals surface area contributed by atoms with Gasteiger partial charge in [-0.3, -0.25) is 0 Å². The van der Waals surface area contributed by atoms with Crippen molar-refractivity contribution in [3.63, 3.8) is 0 Å². The lowest BCUT2D eigenvalue weighted by Crippen LogP contribution is -2.52. The van der Waals surface area contributed by atoms with E-state index in [0.29, 0.717) is 5.92 Å². The SMILES string of the molecule is C[C@]12CC[C@@H]3[C@@H](CCC4=C[C@H](NC(N)=O)CC[C@@]43C)[C@H]1CC[C@@H]2O. The van der Waals surface area contributed by atoms with Crippen molar-refractivity contribution in [1.82, 2.24) is 5.32 Å². The van der Waals surface area contributed by atoms with Crippen molar-refractivity contribution in [2.75, 3.05) is 0 Å². The molecule has 7 atom stereocenters. The summed E-state index contributed by atoms with van der Waals surface area (Å²) < 4.78 is 0. The minimum Gasteiger partial charge on any atom is -0.393 e. The fourth-order valence-corrected chi connectivity index (χ4v) is 7.00. The summed E-state index contributed by atoms with van der Waals surface area (Å²) in [6, 6.07) is -0.299. The lowest BCUT2D eigenvalue weighted by Gasteiger charge is -2.58. The largest absolute Gasteiger partial charge is 0.393 e. The first-order valence-electron chi connectivity index (χ1n) is 9.80. The van der Waals surface area contributed by atoms with Crippen LogP contribution in [0.15, 0.2) is 11.6 Å². The number of carbonyl (C=O) groups excluding carboxylic acids is 1. The Labute approximate surface area is 145 Å². The van der Waals surface area contributed by atoms with Crippen LogP contribution in [0.2, 0.25) is 0 Å². The number of aliphatic hydroxyl groups is 1. The van der Waals surface area contributed by atoms with Crippen LogP contribution >= 0.6 is 0 Å². The number of urea groups is 1. The number of primary amides is 1. The Balaban J connectivity index is 1.60. The first kappa shape index (κ1) is 16.4. The number of aliphatic hydroxyl groups excluding tert-OH is 1. The van der Waals surface area contributed by atoms with Crippen molar-refractivity contribution in [2.45, 2.75) is 77.4 Å². The molecule has 4 nitrogen and oxygen atoms in total. The molecule has 0 saturated heterocycles. The maximum absolute atomic E-state index is 11.2. The monoisotopic (exact) mass is 332 g/mol. The zero-order chi connectivity index (χ0) is 17.1. The maximum atomic E-state index is 11.2. The number of rotatable bonds is 1. The van der Waals surface area contributed by atoms with E-state index in [0.717, 1.165) is 37.5 Å². The van der Waals surface area contributed by atoms with Gasteiger partial charge >= 0.3 is 6.03 Å². The van der Waals surface area contributed by atoms with Gasteiger partial charge in [-0.1, -0.05) is 25.5 Å². The fourth-order valence-electron chi connectivity index (χ4n) is 7.00. The van der Waals surface area contributed by atoms with Gasteiger partial charge in [0.25, 0.3) is 0 Å². The zero-order valence-electron chi connectivity index (χ0n) is 15.1. The molecule has 0 bridgehead atoms. The molecule has 0 heterocycles. The van der Waals surface area contributed by atoms with Gasteiger partial charge in [-0.2, -0.15) is 0 Å². The molecule has 0 spiro atoms. The molecule has 4 aliphatic carbocycles. The Hall–Kier alpha value is -1.03. The van der Waals surface area contributed by atoms with E-state index >= 15 is 0 Å². The quantitative estimate of drug-likeness (QED) is 0.644. The number of nitrogens with two attached hydrogens (primary N) is 1. The fraction of sp³-hybridized carbons (Fsp3) is 0.850. The van der Waals surface area contributed by atoms with Gasteiger partial charge in [-0.25, -0.2) is 4.79 Å². The van der Waals surface area contributed by atoms with Crippen LogP contribution in [0.3, 0.4) is 0 Å². The summed E-state index contributed by atoms with van der Waals surface area (Å²) in [6.07, 6.45) is 11.4. The van der Waals surface area contributed by atoms with Crippen molar-refractivity contribution in [2.24, 2.45) is 34.3 Å². The first-order chi connectivity index (χ1) is 11.3. The van der Waals surface area contributed by atoms with Gasteiger partial charge in [-0.05, 0) is 80.0 Å². The van der Waals surface area contributed by atoms with Crippen molar-refractivity contribution >= 4 is 6.03 Å². The number of hydrogen-bond donors (Lipinski definition) is 3. The van der Waals surface area contributed by atoms with E-state index in [1.165, 1.54) is 25.7 Å². The number of fused-ring (bicyclic) bond motifs is 5. The van der Waals surface area contributed by atoms with Crippen LogP contribution in [-0.4, -0.2) is 23.3 Å². The lowest BCUT2D eigenvalue weighted by atomic mass is 9.47. The van der Waals surface area contributed by atoms with E-state index in [-0.39, 0.29) is 23.0 Å². The normalized spacial score (nSPS) is 50.3. The predicted molar refractivity (Wildman–Crippen MR) is 94.2 cm³/mol. The highest BCUT2D eigenvalue weighted by atomic mass is 16.3. The summed E-state index contributed by atoms with van der Waals surface area (Å²) >= 11 is 0. The molecule has 4 rings (SSSR count). The third-order valence-electron chi connectivity index (χ3n) is 8.39. The zero-order valence-corrected chi connectivity index (χ0v) is 15.1.